The van der Waals surface area contributed by atoms with E-state index in [-0.39, 0.29) is 18.0 Å². The van der Waals surface area contributed by atoms with Crippen LogP contribution in [0.2, 0.25) is 0 Å². The third kappa shape index (κ3) is 4.68. The molecule has 0 bridgehead atoms. The number of rotatable bonds is 7. The normalized spacial score (nSPS) is 11.5. The van der Waals surface area contributed by atoms with Crippen LogP contribution in [0.25, 0.3) is 20.7 Å². The van der Waals surface area contributed by atoms with E-state index in [0.29, 0.717) is 35.1 Å². The summed E-state index contributed by atoms with van der Waals surface area (Å²) in [6, 6.07) is 11.8. The molecule has 0 aliphatic carbocycles. The van der Waals surface area contributed by atoms with Gasteiger partial charge in [0.05, 0.1) is 11.7 Å². The Morgan fingerprint density at radius 2 is 1.75 bits per heavy atom. The van der Waals surface area contributed by atoms with Gasteiger partial charge in [-0.3, -0.25) is 14.2 Å². The number of nitrogens with zero attached hydrogens (tertiary/aromatic N) is 3. The molecular formula is C22H27N3O2S. The van der Waals surface area contributed by atoms with Gasteiger partial charge in [0.2, 0.25) is 5.91 Å². The van der Waals surface area contributed by atoms with E-state index in [1.165, 1.54) is 22.2 Å². The summed E-state index contributed by atoms with van der Waals surface area (Å²) in [6.07, 6.45) is 1.50. The third-order valence-electron chi connectivity index (χ3n) is 4.41. The molecule has 0 fully saturated rings. The summed E-state index contributed by atoms with van der Waals surface area (Å²) in [6.45, 7) is 9.79. The van der Waals surface area contributed by atoms with Gasteiger partial charge in [-0.25, -0.2) is 4.98 Å². The lowest BCUT2D eigenvalue weighted by Crippen LogP contribution is -2.40. The number of carbonyl (C=O) groups excluding carboxylic acids is 1. The van der Waals surface area contributed by atoms with Crippen molar-refractivity contribution in [2.75, 3.05) is 13.1 Å². The lowest BCUT2D eigenvalue weighted by molar-refractivity contribution is -0.133. The molecule has 1 aromatic carbocycles. The highest BCUT2D eigenvalue weighted by Crippen LogP contribution is 2.30. The topological polar surface area (TPSA) is 55.2 Å². The van der Waals surface area contributed by atoms with Gasteiger partial charge in [-0.05, 0) is 23.5 Å². The minimum atomic E-state index is -0.161. The molecule has 0 aliphatic heterocycles. The van der Waals surface area contributed by atoms with E-state index in [4.69, 9.17) is 0 Å². The van der Waals surface area contributed by atoms with Gasteiger partial charge >= 0.3 is 0 Å². The van der Waals surface area contributed by atoms with Crippen LogP contribution in [0.4, 0.5) is 0 Å². The monoisotopic (exact) mass is 397 g/mol. The fraction of sp³-hybridized carbons (Fsp3) is 0.409. The first-order chi connectivity index (χ1) is 13.3. The van der Waals surface area contributed by atoms with E-state index >= 15 is 0 Å². The van der Waals surface area contributed by atoms with Gasteiger partial charge in [-0.15, -0.1) is 11.3 Å². The number of carbonyl (C=O) groups is 1. The molecule has 6 heteroatoms. The zero-order valence-electron chi connectivity index (χ0n) is 16.9. The van der Waals surface area contributed by atoms with Crippen LogP contribution in [-0.4, -0.2) is 33.4 Å². The minimum Gasteiger partial charge on any atom is -0.341 e. The Morgan fingerprint density at radius 1 is 1.11 bits per heavy atom. The van der Waals surface area contributed by atoms with E-state index in [1.807, 2.05) is 41.3 Å². The molecule has 0 unspecified atom stereocenters. The predicted octanol–water partition coefficient (Wildman–Crippen LogP) is 4.27. The second-order valence-corrected chi connectivity index (χ2v) is 8.99. The quantitative estimate of drug-likeness (QED) is 0.598. The summed E-state index contributed by atoms with van der Waals surface area (Å²) in [5.74, 6) is 0.722. The molecular weight excluding hydrogens is 370 g/mol. The second kappa shape index (κ2) is 8.69. The first kappa shape index (κ1) is 20.3. The largest absolute Gasteiger partial charge is 0.341 e. The summed E-state index contributed by atoms with van der Waals surface area (Å²) in [7, 11) is 0. The van der Waals surface area contributed by atoms with Gasteiger partial charge in [-0.1, -0.05) is 58.0 Å². The zero-order valence-corrected chi connectivity index (χ0v) is 17.7. The lowest BCUT2D eigenvalue weighted by Gasteiger charge is -2.26. The molecule has 3 rings (SSSR count). The average Bonchev–Trinajstić information content (AvgIpc) is 3.08. The minimum absolute atomic E-state index is 0.0255. The van der Waals surface area contributed by atoms with Crippen LogP contribution < -0.4 is 5.56 Å². The fourth-order valence-electron chi connectivity index (χ4n) is 3.22. The Hall–Kier alpha value is -2.47. The first-order valence-corrected chi connectivity index (χ1v) is 10.5. The fourth-order valence-corrected chi connectivity index (χ4v) is 4.22. The molecule has 0 atom stereocenters. The highest BCUT2D eigenvalue weighted by molar-refractivity contribution is 7.21. The molecule has 28 heavy (non-hydrogen) atoms. The highest BCUT2D eigenvalue weighted by Gasteiger charge is 2.18. The van der Waals surface area contributed by atoms with Crippen molar-refractivity contribution in [3.05, 3.63) is 53.1 Å². The van der Waals surface area contributed by atoms with Crippen molar-refractivity contribution in [1.82, 2.24) is 14.5 Å². The van der Waals surface area contributed by atoms with Gasteiger partial charge in [0.15, 0.2) is 0 Å². The van der Waals surface area contributed by atoms with Gasteiger partial charge in [0, 0.05) is 18.0 Å². The van der Waals surface area contributed by atoms with E-state index in [9.17, 15) is 9.59 Å². The summed E-state index contributed by atoms with van der Waals surface area (Å²) < 4.78 is 1.43. The summed E-state index contributed by atoms with van der Waals surface area (Å²) >= 11 is 1.50. The molecule has 0 spiro atoms. The smallest absolute Gasteiger partial charge is 0.262 e. The Morgan fingerprint density at radius 3 is 2.36 bits per heavy atom. The van der Waals surface area contributed by atoms with Crippen molar-refractivity contribution in [1.29, 1.82) is 0 Å². The van der Waals surface area contributed by atoms with Crippen LogP contribution in [-0.2, 0) is 11.3 Å². The van der Waals surface area contributed by atoms with Crippen LogP contribution in [0.5, 0.6) is 0 Å². The molecule has 2 heterocycles. The molecule has 3 aromatic rings. The van der Waals surface area contributed by atoms with Gasteiger partial charge in [0.25, 0.3) is 5.56 Å². The van der Waals surface area contributed by atoms with Crippen molar-refractivity contribution in [3.8, 4) is 10.4 Å². The van der Waals surface area contributed by atoms with Crippen LogP contribution in [0.15, 0.2) is 47.5 Å². The Kier molecular flexibility index (Phi) is 6.29. The first-order valence-electron chi connectivity index (χ1n) is 9.67. The average molecular weight is 398 g/mol. The molecule has 0 aliphatic rings. The van der Waals surface area contributed by atoms with Crippen molar-refractivity contribution in [3.63, 3.8) is 0 Å². The Labute approximate surface area is 169 Å². The van der Waals surface area contributed by atoms with Crippen molar-refractivity contribution in [2.45, 2.75) is 34.2 Å². The van der Waals surface area contributed by atoms with Crippen molar-refractivity contribution >= 4 is 27.5 Å². The van der Waals surface area contributed by atoms with E-state index in [0.717, 1.165) is 10.4 Å². The van der Waals surface area contributed by atoms with E-state index in [1.54, 1.807) is 0 Å². The third-order valence-corrected chi connectivity index (χ3v) is 5.50. The van der Waals surface area contributed by atoms with Gasteiger partial charge in [-0.2, -0.15) is 0 Å². The Balaban J connectivity index is 1.88. The summed E-state index contributed by atoms with van der Waals surface area (Å²) in [5, 5.41) is 0.568. The molecule has 0 saturated carbocycles. The van der Waals surface area contributed by atoms with Crippen molar-refractivity contribution < 1.29 is 4.79 Å². The number of aromatic nitrogens is 2. The molecule has 0 radical (unpaired) electrons. The lowest BCUT2D eigenvalue weighted by atomic mass is 10.1. The molecule has 1 amide bonds. The summed E-state index contributed by atoms with van der Waals surface area (Å²) in [5.41, 5.74) is 0.901. The van der Waals surface area contributed by atoms with Crippen LogP contribution in [0.1, 0.15) is 27.7 Å². The number of thiophene rings is 1. The molecule has 0 saturated heterocycles. The number of benzene rings is 1. The molecule has 0 N–H and O–H groups in total. The van der Waals surface area contributed by atoms with Crippen LogP contribution >= 0.6 is 11.3 Å². The van der Waals surface area contributed by atoms with Gasteiger partial charge < -0.3 is 4.90 Å². The maximum Gasteiger partial charge on any atom is 0.262 e. The molecule has 2 aromatic heterocycles. The number of hydrogen-bond acceptors (Lipinski definition) is 4. The maximum absolute atomic E-state index is 12.9. The van der Waals surface area contributed by atoms with Gasteiger partial charge in [0.1, 0.15) is 11.4 Å². The van der Waals surface area contributed by atoms with E-state index in [2.05, 4.69) is 32.7 Å². The summed E-state index contributed by atoms with van der Waals surface area (Å²) in [4.78, 5) is 33.8. The van der Waals surface area contributed by atoms with Crippen LogP contribution in [0.3, 0.4) is 0 Å². The van der Waals surface area contributed by atoms with E-state index < -0.39 is 0 Å². The number of hydrogen-bond donors (Lipinski definition) is 0. The SMILES string of the molecule is CC(C)CN(CC(C)C)C(=O)Cn1cnc2sc(-c3ccccc3)cc2c1=O. The highest BCUT2D eigenvalue weighted by atomic mass is 32.1. The van der Waals surface area contributed by atoms with Crippen molar-refractivity contribution in [2.24, 2.45) is 11.8 Å². The molecule has 5 nitrogen and oxygen atoms in total. The molecule has 148 valence electrons. The second-order valence-electron chi connectivity index (χ2n) is 7.96. The Bertz CT molecular complexity index is 996. The number of fused-ring (bicyclic) bond motifs is 1. The predicted molar refractivity (Wildman–Crippen MR) is 116 cm³/mol. The standard InChI is InChI=1S/C22H27N3O2S/c1-15(2)11-24(12-16(3)4)20(26)13-25-14-23-21-18(22(25)27)10-19(28-21)17-8-6-5-7-9-17/h5-10,14-16H,11-13H2,1-4H3. The van der Waals surface area contributed by atoms with Crippen LogP contribution in [0, 0.1) is 11.8 Å². The maximum atomic E-state index is 12.9. The zero-order chi connectivity index (χ0) is 20.3. The number of amides is 1.